The number of aliphatic hydroxyl groups is 1. The van der Waals surface area contributed by atoms with Gasteiger partial charge >= 0.3 is 0 Å². The van der Waals surface area contributed by atoms with Crippen LogP contribution in [0.5, 0.6) is 0 Å². The zero-order chi connectivity index (χ0) is 11.7. The van der Waals surface area contributed by atoms with E-state index in [9.17, 15) is 9.50 Å². The highest BCUT2D eigenvalue weighted by Gasteiger charge is 2.15. The first-order valence-electron chi connectivity index (χ1n) is 4.75. The molecule has 3 N–H and O–H groups in total. The van der Waals surface area contributed by atoms with Gasteiger partial charge in [-0.3, -0.25) is 0 Å². The number of halogens is 2. The van der Waals surface area contributed by atoms with E-state index in [1.165, 1.54) is 6.07 Å². The maximum atomic E-state index is 13.1. The topological polar surface area (TPSA) is 72.3 Å². The van der Waals surface area contributed by atoms with Crippen LogP contribution in [0.1, 0.15) is 18.4 Å². The van der Waals surface area contributed by atoms with Gasteiger partial charge < -0.3 is 15.3 Å². The Balaban J connectivity index is 2.43. The first kappa shape index (κ1) is 11.3. The van der Waals surface area contributed by atoms with E-state index in [4.69, 9.17) is 21.8 Å². The highest BCUT2D eigenvalue weighted by molar-refractivity contribution is 6.31. The first-order valence-corrected chi connectivity index (χ1v) is 5.13. The number of benzene rings is 1. The van der Waals surface area contributed by atoms with Gasteiger partial charge in [-0.1, -0.05) is 11.6 Å². The Hall–Kier alpha value is -1.17. The highest BCUT2D eigenvalue weighted by atomic mass is 35.5. The summed E-state index contributed by atoms with van der Waals surface area (Å²) in [5.74, 6) is -0.452. The van der Waals surface area contributed by atoms with Crippen molar-refractivity contribution in [3.8, 4) is 0 Å². The second kappa shape index (κ2) is 4.37. The van der Waals surface area contributed by atoms with Gasteiger partial charge in [0.15, 0.2) is 5.58 Å². The zero-order valence-corrected chi connectivity index (χ0v) is 9.04. The van der Waals surface area contributed by atoms with E-state index in [1.807, 2.05) is 0 Å². The first-order chi connectivity index (χ1) is 7.61. The predicted octanol–water partition coefficient (Wildman–Crippen LogP) is 2.00. The average molecular weight is 245 g/mol. The van der Waals surface area contributed by atoms with Crippen molar-refractivity contribution in [1.82, 2.24) is 4.98 Å². The minimum absolute atomic E-state index is 0.0272. The fourth-order valence-corrected chi connectivity index (χ4v) is 1.52. The van der Waals surface area contributed by atoms with Gasteiger partial charge in [0.1, 0.15) is 17.4 Å². The molecule has 1 heterocycles. The van der Waals surface area contributed by atoms with Crippen molar-refractivity contribution in [2.45, 2.75) is 12.5 Å². The summed E-state index contributed by atoms with van der Waals surface area (Å²) in [4.78, 5) is 4.01. The van der Waals surface area contributed by atoms with E-state index in [0.717, 1.165) is 6.07 Å². The van der Waals surface area contributed by atoms with Crippen LogP contribution in [0.25, 0.3) is 11.1 Å². The molecule has 0 saturated heterocycles. The Bertz CT molecular complexity index is 476. The van der Waals surface area contributed by atoms with Crippen LogP contribution in [-0.4, -0.2) is 16.6 Å². The summed E-state index contributed by atoms with van der Waals surface area (Å²) in [5, 5.41) is 9.57. The van der Waals surface area contributed by atoms with Crippen LogP contribution in [0.2, 0.25) is 5.02 Å². The van der Waals surface area contributed by atoms with Crippen LogP contribution in [-0.2, 0) is 0 Å². The molecule has 6 heteroatoms. The lowest BCUT2D eigenvalue weighted by atomic mass is 10.2. The molecule has 0 aliphatic heterocycles. The predicted molar refractivity (Wildman–Crippen MR) is 57.6 cm³/mol. The lowest BCUT2D eigenvalue weighted by Crippen LogP contribution is -2.06. The van der Waals surface area contributed by atoms with E-state index >= 15 is 0 Å². The molecule has 86 valence electrons. The molecule has 1 atom stereocenters. The van der Waals surface area contributed by atoms with Crippen molar-refractivity contribution in [2.75, 3.05) is 6.54 Å². The number of aromatic nitrogens is 1. The molecular weight excluding hydrogens is 235 g/mol. The average Bonchev–Trinajstić information content (AvgIpc) is 2.62. The maximum Gasteiger partial charge on any atom is 0.224 e. The quantitative estimate of drug-likeness (QED) is 0.866. The van der Waals surface area contributed by atoms with Crippen LogP contribution in [0.3, 0.4) is 0 Å². The summed E-state index contributed by atoms with van der Waals surface area (Å²) in [6.07, 6.45) is -0.539. The summed E-state index contributed by atoms with van der Waals surface area (Å²) < 4.78 is 18.3. The van der Waals surface area contributed by atoms with E-state index in [2.05, 4.69) is 4.98 Å². The number of hydrogen-bond acceptors (Lipinski definition) is 4. The number of nitrogens with zero attached hydrogens (tertiary/aromatic N) is 1. The van der Waals surface area contributed by atoms with Gasteiger partial charge in [0.25, 0.3) is 0 Å². The molecule has 2 rings (SSSR count). The van der Waals surface area contributed by atoms with Crippen molar-refractivity contribution < 1.29 is 13.9 Å². The Morgan fingerprint density at radius 1 is 1.56 bits per heavy atom. The standard InChI is InChI=1S/C10H10ClFN2O2/c11-5-3-7-9(4-6(5)12)16-10(14-7)8(15)1-2-13/h3-4,8,15H,1-2,13H2. The normalized spacial score (nSPS) is 13.2. The second-order valence-corrected chi connectivity index (χ2v) is 3.79. The molecule has 0 radical (unpaired) electrons. The van der Waals surface area contributed by atoms with Crippen molar-refractivity contribution in [3.63, 3.8) is 0 Å². The minimum Gasteiger partial charge on any atom is -0.438 e. The maximum absolute atomic E-state index is 13.1. The fraction of sp³-hybridized carbons (Fsp3) is 0.300. The number of oxazole rings is 1. The Morgan fingerprint density at radius 3 is 3.00 bits per heavy atom. The molecule has 0 fully saturated rings. The number of nitrogens with two attached hydrogens (primary N) is 1. The number of rotatable bonds is 3. The molecule has 16 heavy (non-hydrogen) atoms. The van der Waals surface area contributed by atoms with Gasteiger partial charge in [-0.2, -0.15) is 0 Å². The lowest BCUT2D eigenvalue weighted by molar-refractivity contribution is 0.139. The Labute approximate surface area is 95.8 Å². The molecular formula is C10H10ClFN2O2. The third kappa shape index (κ3) is 2.02. The summed E-state index contributed by atoms with van der Waals surface area (Å²) >= 11 is 5.60. The van der Waals surface area contributed by atoms with E-state index in [-0.39, 0.29) is 16.5 Å². The zero-order valence-electron chi connectivity index (χ0n) is 8.28. The van der Waals surface area contributed by atoms with Crippen LogP contribution in [0.15, 0.2) is 16.5 Å². The van der Waals surface area contributed by atoms with Crippen molar-refractivity contribution in [2.24, 2.45) is 5.73 Å². The van der Waals surface area contributed by atoms with Crippen molar-refractivity contribution >= 4 is 22.7 Å². The van der Waals surface area contributed by atoms with Gasteiger partial charge in [-0.05, 0) is 19.0 Å². The Morgan fingerprint density at radius 2 is 2.31 bits per heavy atom. The molecule has 0 bridgehead atoms. The molecule has 1 aromatic heterocycles. The molecule has 2 aromatic rings. The van der Waals surface area contributed by atoms with Gasteiger partial charge in [0, 0.05) is 6.07 Å². The largest absolute Gasteiger partial charge is 0.438 e. The lowest BCUT2D eigenvalue weighted by Gasteiger charge is -2.01. The SMILES string of the molecule is NCCC(O)c1nc2cc(Cl)c(F)cc2o1. The second-order valence-electron chi connectivity index (χ2n) is 3.38. The van der Waals surface area contributed by atoms with Crippen LogP contribution < -0.4 is 5.73 Å². The molecule has 0 spiro atoms. The molecule has 1 unspecified atom stereocenters. The van der Waals surface area contributed by atoms with Gasteiger partial charge in [-0.25, -0.2) is 9.37 Å². The van der Waals surface area contributed by atoms with Crippen molar-refractivity contribution in [3.05, 3.63) is 28.9 Å². The van der Waals surface area contributed by atoms with E-state index < -0.39 is 11.9 Å². The summed E-state index contributed by atoms with van der Waals surface area (Å²) in [5.41, 5.74) is 5.97. The Kier molecular flexibility index (Phi) is 3.09. The monoisotopic (exact) mass is 244 g/mol. The van der Waals surface area contributed by atoms with E-state index in [0.29, 0.717) is 18.5 Å². The van der Waals surface area contributed by atoms with Gasteiger partial charge in [-0.15, -0.1) is 0 Å². The molecule has 4 nitrogen and oxygen atoms in total. The minimum atomic E-state index is -0.876. The van der Waals surface area contributed by atoms with Crippen molar-refractivity contribution in [1.29, 1.82) is 0 Å². The highest BCUT2D eigenvalue weighted by Crippen LogP contribution is 2.26. The number of fused-ring (bicyclic) bond motifs is 1. The molecule has 0 amide bonds. The third-order valence-electron chi connectivity index (χ3n) is 2.17. The van der Waals surface area contributed by atoms with Crippen LogP contribution in [0.4, 0.5) is 4.39 Å². The number of aliphatic hydroxyl groups excluding tert-OH is 1. The van der Waals surface area contributed by atoms with E-state index in [1.54, 1.807) is 0 Å². The molecule has 0 saturated carbocycles. The third-order valence-corrected chi connectivity index (χ3v) is 2.46. The summed E-state index contributed by atoms with van der Waals surface area (Å²) in [6.45, 7) is 0.314. The van der Waals surface area contributed by atoms with Gasteiger partial charge in [0.2, 0.25) is 5.89 Å². The smallest absolute Gasteiger partial charge is 0.224 e. The summed E-state index contributed by atoms with van der Waals surface area (Å²) in [7, 11) is 0. The van der Waals surface area contributed by atoms with Gasteiger partial charge in [0.05, 0.1) is 5.02 Å². The molecule has 0 aliphatic carbocycles. The number of hydrogen-bond donors (Lipinski definition) is 2. The van der Waals surface area contributed by atoms with Crippen LogP contribution >= 0.6 is 11.6 Å². The molecule has 0 aliphatic rings. The fourth-order valence-electron chi connectivity index (χ4n) is 1.37. The summed E-state index contributed by atoms with van der Waals surface area (Å²) in [6, 6.07) is 2.50. The molecule has 1 aromatic carbocycles. The van der Waals surface area contributed by atoms with Crippen LogP contribution in [0, 0.1) is 5.82 Å².